The molecule has 0 aliphatic rings. The van der Waals surface area contributed by atoms with E-state index in [0.717, 1.165) is 0 Å². The number of carbonyl (C=O) groups is 1. The fraction of sp³-hybridized carbons (Fsp3) is 0.133. The van der Waals surface area contributed by atoms with Gasteiger partial charge in [0.25, 0.3) is 10.0 Å². The van der Waals surface area contributed by atoms with Gasteiger partial charge in [0.1, 0.15) is 0 Å². The third-order valence-electron chi connectivity index (χ3n) is 2.95. The molecule has 0 radical (unpaired) electrons. The maximum absolute atomic E-state index is 12.2. The Hall–Kier alpha value is -2.34. The van der Waals surface area contributed by atoms with Crippen molar-refractivity contribution in [1.82, 2.24) is 0 Å². The SMILES string of the molecule is CCC(=O)c1cccc(NS(=O)(=O)c2ccc(N)cc2)c1. The fourth-order valence-corrected chi connectivity index (χ4v) is 2.87. The van der Waals surface area contributed by atoms with E-state index in [9.17, 15) is 13.2 Å². The summed E-state index contributed by atoms with van der Waals surface area (Å²) in [4.78, 5) is 11.8. The molecule has 0 saturated carbocycles. The first-order chi connectivity index (χ1) is 9.92. The van der Waals surface area contributed by atoms with E-state index in [1.807, 2.05) is 0 Å². The molecule has 21 heavy (non-hydrogen) atoms. The van der Waals surface area contributed by atoms with Crippen molar-refractivity contribution in [1.29, 1.82) is 0 Å². The lowest BCUT2D eigenvalue weighted by Gasteiger charge is -2.09. The zero-order chi connectivity index (χ0) is 15.5. The quantitative estimate of drug-likeness (QED) is 0.656. The third kappa shape index (κ3) is 3.61. The lowest BCUT2D eigenvalue weighted by Crippen LogP contribution is -2.13. The molecule has 5 nitrogen and oxygen atoms in total. The second-order valence-corrected chi connectivity index (χ2v) is 6.21. The molecule has 0 aliphatic carbocycles. The zero-order valence-electron chi connectivity index (χ0n) is 11.5. The number of benzene rings is 2. The van der Waals surface area contributed by atoms with Gasteiger partial charge in [0.05, 0.1) is 4.90 Å². The maximum atomic E-state index is 12.2. The number of sulfonamides is 1. The number of nitrogens with two attached hydrogens (primary N) is 1. The Morgan fingerprint density at radius 3 is 2.43 bits per heavy atom. The summed E-state index contributed by atoms with van der Waals surface area (Å²) in [6.07, 6.45) is 0.369. The van der Waals surface area contributed by atoms with Crippen LogP contribution in [0.15, 0.2) is 53.4 Å². The first kappa shape index (κ1) is 15.1. The molecule has 6 heteroatoms. The van der Waals surface area contributed by atoms with Gasteiger partial charge in [0.2, 0.25) is 0 Å². The average molecular weight is 304 g/mol. The van der Waals surface area contributed by atoms with Gasteiger partial charge < -0.3 is 5.73 Å². The number of nitrogen functional groups attached to an aromatic ring is 1. The van der Waals surface area contributed by atoms with Crippen molar-refractivity contribution < 1.29 is 13.2 Å². The van der Waals surface area contributed by atoms with Crippen molar-refractivity contribution in [3.63, 3.8) is 0 Å². The number of hydrogen-bond acceptors (Lipinski definition) is 4. The van der Waals surface area contributed by atoms with Crippen molar-refractivity contribution in [3.8, 4) is 0 Å². The number of nitrogens with one attached hydrogen (secondary N) is 1. The van der Waals surface area contributed by atoms with Gasteiger partial charge in [-0.2, -0.15) is 0 Å². The molecule has 2 rings (SSSR count). The van der Waals surface area contributed by atoms with E-state index in [-0.39, 0.29) is 10.7 Å². The van der Waals surface area contributed by atoms with Crippen LogP contribution in [0, 0.1) is 0 Å². The largest absolute Gasteiger partial charge is 0.399 e. The van der Waals surface area contributed by atoms with Gasteiger partial charge in [0, 0.05) is 23.4 Å². The molecule has 0 atom stereocenters. The van der Waals surface area contributed by atoms with E-state index < -0.39 is 10.0 Å². The molecular formula is C15H16N2O3S. The highest BCUT2D eigenvalue weighted by Crippen LogP contribution is 2.18. The Morgan fingerprint density at radius 2 is 1.81 bits per heavy atom. The number of Topliss-reactive ketones (excluding diaryl/α,β-unsaturated/α-hetero) is 1. The van der Waals surface area contributed by atoms with Crippen LogP contribution in [0.2, 0.25) is 0 Å². The van der Waals surface area contributed by atoms with Crippen molar-refractivity contribution in [2.75, 3.05) is 10.5 Å². The lowest BCUT2D eigenvalue weighted by atomic mass is 10.1. The monoisotopic (exact) mass is 304 g/mol. The van der Waals surface area contributed by atoms with E-state index in [0.29, 0.717) is 23.4 Å². The number of anilines is 2. The van der Waals surface area contributed by atoms with Gasteiger partial charge in [-0.15, -0.1) is 0 Å². The highest BCUT2D eigenvalue weighted by Gasteiger charge is 2.14. The van der Waals surface area contributed by atoms with Crippen molar-refractivity contribution in [2.45, 2.75) is 18.2 Å². The first-order valence-electron chi connectivity index (χ1n) is 6.44. The molecular weight excluding hydrogens is 288 g/mol. The summed E-state index contributed by atoms with van der Waals surface area (Å²) in [6.45, 7) is 1.76. The lowest BCUT2D eigenvalue weighted by molar-refractivity contribution is 0.0988. The number of hydrogen-bond donors (Lipinski definition) is 2. The topological polar surface area (TPSA) is 89.3 Å². The molecule has 2 aromatic rings. The number of ketones is 1. The van der Waals surface area contributed by atoms with Crippen LogP contribution >= 0.6 is 0 Å². The second kappa shape index (κ2) is 5.97. The minimum absolute atomic E-state index is 0.0384. The van der Waals surface area contributed by atoms with Crippen LogP contribution in [0.3, 0.4) is 0 Å². The van der Waals surface area contributed by atoms with Gasteiger partial charge in [-0.25, -0.2) is 8.42 Å². The molecule has 0 aromatic heterocycles. The Labute approximate surface area is 123 Å². The van der Waals surface area contributed by atoms with Crippen molar-refractivity contribution in [3.05, 3.63) is 54.1 Å². The summed E-state index contributed by atoms with van der Waals surface area (Å²) in [5.41, 5.74) is 6.86. The molecule has 2 aromatic carbocycles. The number of rotatable bonds is 5. The maximum Gasteiger partial charge on any atom is 0.261 e. The van der Waals surface area contributed by atoms with Crippen LogP contribution in [0.1, 0.15) is 23.7 Å². The molecule has 0 bridgehead atoms. The van der Waals surface area contributed by atoms with Crippen LogP contribution in [0.5, 0.6) is 0 Å². The Balaban J connectivity index is 2.28. The summed E-state index contributed by atoms with van der Waals surface area (Å²) in [6, 6.07) is 12.3. The Morgan fingerprint density at radius 1 is 1.14 bits per heavy atom. The Bertz CT molecular complexity index is 753. The third-order valence-corrected chi connectivity index (χ3v) is 4.35. The Kier molecular flexibility index (Phi) is 4.28. The highest BCUT2D eigenvalue weighted by atomic mass is 32.2. The predicted molar refractivity (Wildman–Crippen MR) is 82.7 cm³/mol. The van der Waals surface area contributed by atoms with Gasteiger partial charge in [-0.1, -0.05) is 19.1 Å². The van der Waals surface area contributed by atoms with E-state index in [1.165, 1.54) is 30.3 Å². The van der Waals surface area contributed by atoms with Crippen LogP contribution in [0.4, 0.5) is 11.4 Å². The number of carbonyl (C=O) groups excluding carboxylic acids is 1. The van der Waals surface area contributed by atoms with Gasteiger partial charge >= 0.3 is 0 Å². The molecule has 0 fully saturated rings. The average Bonchev–Trinajstić information content (AvgIpc) is 2.46. The fourth-order valence-electron chi connectivity index (χ4n) is 1.82. The summed E-state index contributed by atoms with van der Waals surface area (Å²) >= 11 is 0. The van der Waals surface area contributed by atoms with Gasteiger partial charge in [0.15, 0.2) is 5.78 Å². The molecule has 0 aliphatic heterocycles. The van der Waals surface area contributed by atoms with E-state index in [2.05, 4.69) is 4.72 Å². The van der Waals surface area contributed by atoms with Crippen LogP contribution in [-0.2, 0) is 10.0 Å². The summed E-state index contributed by atoms with van der Waals surface area (Å²) in [5, 5.41) is 0. The van der Waals surface area contributed by atoms with Crippen LogP contribution < -0.4 is 10.5 Å². The second-order valence-electron chi connectivity index (χ2n) is 4.53. The standard InChI is InChI=1S/C15H16N2O3S/c1-2-15(18)11-4-3-5-13(10-11)17-21(19,20)14-8-6-12(16)7-9-14/h3-10,17H,2,16H2,1H3. The molecule has 0 saturated heterocycles. The summed E-state index contributed by atoms with van der Waals surface area (Å²) in [7, 11) is -3.70. The van der Waals surface area contributed by atoms with Crippen LogP contribution in [0.25, 0.3) is 0 Å². The van der Waals surface area contributed by atoms with E-state index >= 15 is 0 Å². The van der Waals surface area contributed by atoms with Gasteiger partial charge in [-0.3, -0.25) is 9.52 Å². The molecule has 0 amide bonds. The highest BCUT2D eigenvalue weighted by molar-refractivity contribution is 7.92. The summed E-state index contributed by atoms with van der Waals surface area (Å²) < 4.78 is 26.9. The predicted octanol–water partition coefficient (Wildman–Crippen LogP) is 2.66. The molecule has 0 heterocycles. The smallest absolute Gasteiger partial charge is 0.261 e. The van der Waals surface area contributed by atoms with Crippen molar-refractivity contribution >= 4 is 27.2 Å². The van der Waals surface area contributed by atoms with E-state index in [1.54, 1.807) is 25.1 Å². The van der Waals surface area contributed by atoms with Crippen molar-refractivity contribution in [2.24, 2.45) is 0 Å². The summed E-state index contributed by atoms with van der Waals surface area (Å²) in [5.74, 6) is -0.0384. The normalized spacial score (nSPS) is 11.1. The first-order valence-corrected chi connectivity index (χ1v) is 7.92. The van der Waals surface area contributed by atoms with Crippen LogP contribution in [-0.4, -0.2) is 14.2 Å². The molecule has 3 N–H and O–H groups in total. The van der Waals surface area contributed by atoms with Gasteiger partial charge in [-0.05, 0) is 36.4 Å². The van der Waals surface area contributed by atoms with E-state index in [4.69, 9.17) is 5.73 Å². The zero-order valence-corrected chi connectivity index (χ0v) is 12.4. The molecule has 0 spiro atoms. The minimum atomic E-state index is -3.70. The minimum Gasteiger partial charge on any atom is -0.399 e. The molecule has 110 valence electrons. The molecule has 0 unspecified atom stereocenters.